The molecular formula is C19H26N2O4. The number of hydrogen-bond acceptors (Lipinski definition) is 3. The predicted octanol–water partition coefficient (Wildman–Crippen LogP) is 2.73. The molecule has 0 heterocycles. The molecule has 0 saturated heterocycles. The summed E-state index contributed by atoms with van der Waals surface area (Å²) in [6, 6.07) is 6.58. The Morgan fingerprint density at radius 2 is 1.84 bits per heavy atom. The van der Waals surface area contributed by atoms with Crippen molar-refractivity contribution in [1.29, 1.82) is 0 Å². The largest absolute Gasteiger partial charge is 0.481 e. The molecule has 1 aromatic carbocycles. The topological polar surface area (TPSA) is 95.5 Å². The van der Waals surface area contributed by atoms with Gasteiger partial charge in [0.25, 0.3) is 0 Å². The first-order valence-corrected chi connectivity index (χ1v) is 8.85. The van der Waals surface area contributed by atoms with Gasteiger partial charge in [0.15, 0.2) is 0 Å². The molecule has 2 rings (SSSR count). The lowest BCUT2D eigenvalue weighted by atomic mass is 9.88. The van der Waals surface area contributed by atoms with Crippen molar-refractivity contribution in [2.24, 2.45) is 5.92 Å². The van der Waals surface area contributed by atoms with Crippen LogP contribution in [-0.2, 0) is 20.8 Å². The van der Waals surface area contributed by atoms with Gasteiger partial charge < -0.3 is 15.7 Å². The van der Waals surface area contributed by atoms with Gasteiger partial charge in [0, 0.05) is 24.1 Å². The zero-order valence-corrected chi connectivity index (χ0v) is 14.6. The van der Waals surface area contributed by atoms with E-state index < -0.39 is 5.97 Å². The molecule has 1 atom stereocenters. The minimum atomic E-state index is -0.949. The second-order valence-corrected chi connectivity index (χ2v) is 6.72. The summed E-state index contributed by atoms with van der Waals surface area (Å²) in [5.41, 5.74) is 1.06. The highest BCUT2D eigenvalue weighted by Gasteiger charge is 2.23. The molecule has 6 heteroatoms. The van der Waals surface area contributed by atoms with Crippen molar-refractivity contribution in [2.45, 2.75) is 57.9 Å². The van der Waals surface area contributed by atoms with Gasteiger partial charge in [-0.05, 0) is 31.4 Å². The van der Waals surface area contributed by atoms with Gasteiger partial charge in [-0.3, -0.25) is 14.4 Å². The number of carboxylic acids is 1. The van der Waals surface area contributed by atoms with Crippen LogP contribution in [0.2, 0.25) is 0 Å². The normalized spacial score (nSPS) is 16.0. The van der Waals surface area contributed by atoms with Crippen LogP contribution in [-0.4, -0.2) is 28.9 Å². The molecule has 3 N–H and O–H groups in total. The smallest absolute Gasteiger partial charge is 0.307 e. The quantitative estimate of drug-likeness (QED) is 0.707. The number of carboxylic acid groups (broad SMARTS) is 1. The lowest BCUT2D eigenvalue weighted by Crippen LogP contribution is -2.39. The first-order chi connectivity index (χ1) is 12.0. The van der Waals surface area contributed by atoms with Gasteiger partial charge in [-0.2, -0.15) is 0 Å². The van der Waals surface area contributed by atoms with Crippen LogP contribution in [0.4, 0.5) is 5.69 Å². The van der Waals surface area contributed by atoms with Crippen LogP contribution in [0.3, 0.4) is 0 Å². The predicted molar refractivity (Wildman–Crippen MR) is 95.2 cm³/mol. The third-order valence-electron chi connectivity index (χ3n) is 4.49. The summed E-state index contributed by atoms with van der Waals surface area (Å²) < 4.78 is 0. The van der Waals surface area contributed by atoms with E-state index in [1.54, 1.807) is 24.3 Å². The summed E-state index contributed by atoms with van der Waals surface area (Å²) in [6.45, 7) is 1.81. The second kappa shape index (κ2) is 9.20. The van der Waals surface area contributed by atoms with Gasteiger partial charge in [-0.25, -0.2) is 0 Å². The molecular weight excluding hydrogens is 320 g/mol. The molecule has 0 aliphatic heterocycles. The minimum absolute atomic E-state index is 0.0336. The van der Waals surface area contributed by atoms with E-state index in [1.807, 2.05) is 6.92 Å². The average molecular weight is 346 g/mol. The van der Waals surface area contributed by atoms with Crippen molar-refractivity contribution in [3.8, 4) is 0 Å². The van der Waals surface area contributed by atoms with Crippen LogP contribution in [0.1, 0.15) is 51.0 Å². The SMILES string of the molecule is CC(CC(=O)Nc1ccccc1CC(=O)O)NC(=O)C1CCCCC1. The summed E-state index contributed by atoms with van der Waals surface area (Å²) in [6.07, 6.45) is 5.23. The number of anilines is 1. The molecule has 1 unspecified atom stereocenters. The Bertz CT molecular complexity index is 624. The standard InChI is InChI=1S/C19H26N2O4/c1-13(20-19(25)14-7-3-2-4-8-14)11-17(22)21-16-10-6-5-9-15(16)12-18(23)24/h5-6,9-10,13-14H,2-4,7-8,11-12H2,1H3,(H,20,25)(H,21,22)(H,23,24). The van der Waals surface area contributed by atoms with Gasteiger partial charge in [0.05, 0.1) is 6.42 Å². The molecule has 25 heavy (non-hydrogen) atoms. The number of nitrogens with one attached hydrogen (secondary N) is 2. The molecule has 0 bridgehead atoms. The number of aliphatic carboxylic acids is 1. The molecule has 136 valence electrons. The van der Waals surface area contributed by atoms with E-state index in [4.69, 9.17) is 5.11 Å². The summed E-state index contributed by atoms with van der Waals surface area (Å²) in [5.74, 6) is -1.09. The fourth-order valence-electron chi connectivity index (χ4n) is 3.22. The fraction of sp³-hybridized carbons (Fsp3) is 0.526. The lowest BCUT2D eigenvalue weighted by molar-refractivity contribution is -0.136. The number of carbonyl (C=O) groups is 3. The summed E-state index contributed by atoms with van der Waals surface area (Å²) in [4.78, 5) is 35.3. The van der Waals surface area contributed by atoms with Crippen LogP contribution in [0.25, 0.3) is 0 Å². The van der Waals surface area contributed by atoms with Gasteiger partial charge in [0.1, 0.15) is 0 Å². The third-order valence-corrected chi connectivity index (χ3v) is 4.49. The summed E-state index contributed by atoms with van der Waals surface area (Å²) >= 11 is 0. The molecule has 1 aliphatic carbocycles. The molecule has 0 radical (unpaired) electrons. The van der Waals surface area contributed by atoms with Gasteiger partial charge >= 0.3 is 5.97 Å². The van der Waals surface area contributed by atoms with Crippen LogP contribution in [0.15, 0.2) is 24.3 Å². The maximum atomic E-state index is 12.2. The molecule has 1 fully saturated rings. The summed E-state index contributed by atoms with van der Waals surface area (Å²) in [5, 5.41) is 14.6. The number of para-hydroxylation sites is 1. The molecule has 6 nitrogen and oxygen atoms in total. The molecule has 2 amide bonds. The van der Waals surface area contributed by atoms with Crippen molar-refractivity contribution in [3.63, 3.8) is 0 Å². The zero-order valence-electron chi connectivity index (χ0n) is 14.6. The highest BCUT2D eigenvalue weighted by atomic mass is 16.4. The Labute approximate surface area is 148 Å². The van der Waals surface area contributed by atoms with E-state index >= 15 is 0 Å². The van der Waals surface area contributed by atoms with E-state index in [-0.39, 0.29) is 36.6 Å². The van der Waals surface area contributed by atoms with Crippen molar-refractivity contribution >= 4 is 23.5 Å². The highest BCUT2D eigenvalue weighted by molar-refractivity contribution is 5.93. The number of carbonyl (C=O) groups excluding carboxylic acids is 2. The number of hydrogen-bond donors (Lipinski definition) is 3. The molecule has 0 aromatic heterocycles. The molecule has 1 aromatic rings. The van der Waals surface area contributed by atoms with Gasteiger partial charge in [-0.1, -0.05) is 37.5 Å². The van der Waals surface area contributed by atoms with Crippen LogP contribution >= 0.6 is 0 Å². The Kier molecular flexibility index (Phi) is 6.98. The summed E-state index contributed by atoms with van der Waals surface area (Å²) in [7, 11) is 0. The van der Waals surface area contributed by atoms with Crippen molar-refractivity contribution < 1.29 is 19.5 Å². The van der Waals surface area contributed by atoms with Crippen LogP contribution in [0.5, 0.6) is 0 Å². The minimum Gasteiger partial charge on any atom is -0.481 e. The highest BCUT2D eigenvalue weighted by Crippen LogP contribution is 2.23. The first kappa shape index (κ1) is 19.0. The van der Waals surface area contributed by atoms with E-state index in [0.717, 1.165) is 25.7 Å². The maximum Gasteiger partial charge on any atom is 0.307 e. The number of rotatable bonds is 7. The molecule has 0 spiro atoms. The maximum absolute atomic E-state index is 12.2. The Morgan fingerprint density at radius 1 is 1.16 bits per heavy atom. The Morgan fingerprint density at radius 3 is 2.52 bits per heavy atom. The van der Waals surface area contributed by atoms with E-state index in [1.165, 1.54) is 6.42 Å². The van der Waals surface area contributed by atoms with Gasteiger partial charge in [0.2, 0.25) is 11.8 Å². The van der Waals surface area contributed by atoms with Crippen molar-refractivity contribution in [1.82, 2.24) is 5.32 Å². The van der Waals surface area contributed by atoms with E-state index in [2.05, 4.69) is 10.6 Å². The van der Waals surface area contributed by atoms with E-state index in [9.17, 15) is 14.4 Å². The monoisotopic (exact) mass is 346 g/mol. The van der Waals surface area contributed by atoms with Crippen molar-refractivity contribution in [3.05, 3.63) is 29.8 Å². The lowest BCUT2D eigenvalue weighted by Gasteiger charge is -2.23. The van der Waals surface area contributed by atoms with Crippen LogP contribution in [0, 0.1) is 5.92 Å². The fourth-order valence-corrected chi connectivity index (χ4v) is 3.22. The molecule has 1 aliphatic rings. The first-order valence-electron chi connectivity index (χ1n) is 8.85. The van der Waals surface area contributed by atoms with Crippen molar-refractivity contribution in [2.75, 3.05) is 5.32 Å². The number of benzene rings is 1. The second-order valence-electron chi connectivity index (χ2n) is 6.72. The molecule has 1 saturated carbocycles. The van der Waals surface area contributed by atoms with Gasteiger partial charge in [-0.15, -0.1) is 0 Å². The van der Waals surface area contributed by atoms with E-state index in [0.29, 0.717) is 11.3 Å². The third kappa shape index (κ3) is 6.21. The zero-order chi connectivity index (χ0) is 18.2. The average Bonchev–Trinajstić information content (AvgIpc) is 2.56. The Hall–Kier alpha value is -2.37. The Balaban J connectivity index is 1.85. The van der Waals surface area contributed by atoms with Crippen LogP contribution < -0.4 is 10.6 Å². The number of amides is 2.